The molecule has 0 atom stereocenters. The highest BCUT2D eigenvalue weighted by molar-refractivity contribution is 6.08. The molecule has 15 heavy (non-hydrogen) atoms. The second-order valence-corrected chi connectivity index (χ2v) is 2.74. The predicted octanol–water partition coefficient (Wildman–Crippen LogP) is 1.52. The third-order valence-electron chi connectivity index (χ3n) is 1.75. The van der Waals surface area contributed by atoms with Crippen molar-refractivity contribution in [3.05, 3.63) is 42.0 Å². The van der Waals surface area contributed by atoms with Gasteiger partial charge in [0, 0.05) is 6.08 Å². The third-order valence-corrected chi connectivity index (χ3v) is 1.75. The number of para-hydroxylation sites is 1. The van der Waals surface area contributed by atoms with Crippen molar-refractivity contribution in [1.29, 1.82) is 0 Å². The molecule has 1 rings (SSSR count). The lowest BCUT2D eigenvalue weighted by atomic mass is 10.1. The highest BCUT2D eigenvalue weighted by Gasteiger charge is 2.08. The largest absolute Gasteiger partial charge is 0.496 e. The first-order valence-corrected chi connectivity index (χ1v) is 4.23. The molecule has 0 aliphatic rings. The van der Waals surface area contributed by atoms with Gasteiger partial charge in [-0.25, -0.2) is 4.79 Å². The summed E-state index contributed by atoms with van der Waals surface area (Å²) in [5.74, 6) is -1.12. The highest BCUT2D eigenvalue weighted by atomic mass is 16.5. The van der Waals surface area contributed by atoms with Gasteiger partial charge in [0.15, 0.2) is 5.78 Å². The van der Waals surface area contributed by atoms with Crippen LogP contribution < -0.4 is 4.74 Å². The Morgan fingerprint density at radius 1 is 1.27 bits per heavy atom. The maximum absolute atomic E-state index is 11.5. The van der Waals surface area contributed by atoms with Crippen LogP contribution in [-0.2, 0) is 4.79 Å². The van der Waals surface area contributed by atoms with Crippen LogP contribution in [0.4, 0.5) is 0 Å². The van der Waals surface area contributed by atoms with Crippen molar-refractivity contribution in [2.75, 3.05) is 7.11 Å². The number of ketones is 1. The SMILES string of the molecule is COc1ccccc1C(=O)C=CC(=O)O. The number of ether oxygens (including phenoxy) is 1. The summed E-state index contributed by atoms with van der Waals surface area (Å²) in [7, 11) is 1.45. The fraction of sp³-hybridized carbons (Fsp3) is 0.0909. The maximum Gasteiger partial charge on any atom is 0.328 e. The van der Waals surface area contributed by atoms with E-state index in [9.17, 15) is 9.59 Å². The number of hydrogen-bond donors (Lipinski definition) is 1. The Morgan fingerprint density at radius 2 is 1.93 bits per heavy atom. The lowest BCUT2D eigenvalue weighted by Crippen LogP contribution is -1.99. The molecule has 0 amide bonds. The Balaban J connectivity index is 2.95. The number of hydrogen-bond acceptors (Lipinski definition) is 3. The predicted molar refractivity (Wildman–Crippen MR) is 54.1 cm³/mol. The van der Waals surface area contributed by atoms with Gasteiger partial charge in [-0.2, -0.15) is 0 Å². The molecule has 0 bridgehead atoms. The maximum atomic E-state index is 11.5. The van der Waals surface area contributed by atoms with Crippen LogP contribution in [0.15, 0.2) is 36.4 Å². The number of carboxylic acids is 1. The fourth-order valence-corrected chi connectivity index (χ4v) is 1.08. The molecule has 4 nitrogen and oxygen atoms in total. The van der Waals surface area contributed by atoms with Crippen LogP contribution in [-0.4, -0.2) is 24.0 Å². The molecule has 1 aromatic carbocycles. The minimum Gasteiger partial charge on any atom is -0.496 e. The van der Waals surface area contributed by atoms with E-state index in [2.05, 4.69) is 0 Å². The monoisotopic (exact) mass is 206 g/mol. The van der Waals surface area contributed by atoms with Crippen molar-refractivity contribution in [2.24, 2.45) is 0 Å². The molecule has 0 saturated heterocycles. The number of carboxylic acid groups (broad SMARTS) is 1. The van der Waals surface area contributed by atoms with Crippen LogP contribution in [0.25, 0.3) is 0 Å². The fourth-order valence-electron chi connectivity index (χ4n) is 1.08. The molecule has 0 spiro atoms. The molecule has 0 aromatic heterocycles. The molecular weight excluding hydrogens is 196 g/mol. The number of allylic oxidation sites excluding steroid dienone is 1. The van der Waals surface area contributed by atoms with Crippen molar-refractivity contribution in [3.8, 4) is 5.75 Å². The summed E-state index contributed by atoms with van der Waals surface area (Å²) in [5, 5.41) is 8.37. The van der Waals surface area contributed by atoms with Gasteiger partial charge in [0.1, 0.15) is 5.75 Å². The highest BCUT2D eigenvalue weighted by Crippen LogP contribution is 2.17. The van der Waals surface area contributed by atoms with E-state index in [1.54, 1.807) is 24.3 Å². The normalized spacial score (nSPS) is 10.2. The van der Waals surface area contributed by atoms with E-state index in [-0.39, 0.29) is 0 Å². The zero-order valence-electron chi connectivity index (χ0n) is 8.14. The number of carbonyl (C=O) groups is 2. The average Bonchev–Trinajstić information content (AvgIpc) is 2.25. The molecule has 0 saturated carbocycles. The van der Waals surface area contributed by atoms with Crippen molar-refractivity contribution in [1.82, 2.24) is 0 Å². The van der Waals surface area contributed by atoms with Crippen molar-refractivity contribution in [2.45, 2.75) is 0 Å². The lowest BCUT2D eigenvalue weighted by molar-refractivity contribution is -0.131. The summed E-state index contributed by atoms with van der Waals surface area (Å²) in [6, 6.07) is 6.64. The van der Waals surface area contributed by atoms with Crippen molar-refractivity contribution in [3.63, 3.8) is 0 Å². The van der Waals surface area contributed by atoms with E-state index >= 15 is 0 Å². The van der Waals surface area contributed by atoms with Crippen LogP contribution in [0.5, 0.6) is 5.75 Å². The van der Waals surface area contributed by atoms with Gasteiger partial charge in [-0.1, -0.05) is 12.1 Å². The molecule has 0 unspecified atom stereocenters. The summed E-state index contributed by atoms with van der Waals surface area (Å²) >= 11 is 0. The van der Waals surface area contributed by atoms with Crippen LogP contribution >= 0.6 is 0 Å². The van der Waals surface area contributed by atoms with Gasteiger partial charge in [-0.15, -0.1) is 0 Å². The van der Waals surface area contributed by atoms with E-state index in [1.807, 2.05) is 0 Å². The lowest BCUT2D eigenvalue weighted by Gasteiger charge is -2.03. The van der Waals surface area contributed by atoms with Crippen LogP contribution in [0.1, 0.15) is 10.4 Å². The summed E-state index contributed by atoms with van der Waals surface area (Å²) in [6.45, 7) is 0. The Hall–Kier alpha value is -2.10. The summed E-state index contributed by atoms with van der Waals surface area (Å²) in [4.78, 5) is 21.7. The van der Waals surface area contributed by atoms with Gasteiger partial charge in [0.05, 0.1) is 12.7 Å². The number of carbonyl (C=O) groups excluding carboxylic acids is 1. The molecule has 1 N–H and O–H groups in total. The number of rotatable bonds is 4. The van der Waals surface area contributed by atoms with Gasteiger partial charge in [-0.3, -0.25) is 4.79 Å². The van der Waals surface area contributed by atoms with Crippen LogP contribution in [0.2, 0.25) is 0 Å². The number of aliphatic carboxylic acids is 1. The first-order chi connectivity index (χ1) is 7.15. The van der Waals surface area contributed by atoms with E-state index < -0.39 is 11.8 Å². The minimum absolute atomic E-state index is 0.345. The molecule has 1 aromatic rings. The van der Waals surface area contributed by atoms with E-state index in [0.29, 0.717) is 11.3 Å². The summed E-state index contributed by atoms with van der Waals surface area (Å²) < 4.78 is 4.97. The molecule has 0 heterocycles. The van der Waals surface area contributed by atoms with Gasteiger partial charge < -0.3 is 9.84 Å². The first kappa shape index (κ1) is 11.0. The molecule has 0 aliphatic heterocycles. The van der Waals surface area contributed by atoms with E-state index in [4.69, 9.17) is 9.84 Å². The zero-order valence-corrected chi connectivity index (χ0v) is 8.14. The van der Waals surface area contributed by atoms with Gasteiger partial charge in [-0.05, 0) is 18.2 Å². The van der Waals surface area contributed by atoms with Gasteiger partial charge in [0.2, 0.25) is 0 Å². The first-order valence-electron chi connectivity index (χ1n) is 4.23. The molecular formula is C11H10O4. The zero-order chi connectivity index (χ0) is 11.3. The van der Waals surface area contributed by atoms with Crippen molar-refractivity contribution < 1.29 is 19.4 Å². The minimum atomic E-state index is -1.15. The van der Waals surface area contributed by atoms with Gasteiger partial charge >= 0.3 is 5.97 Å². The van der Waals surface area contributed by atoms with Crippen molar-refractivity contribution >= 4 is 11.8 Å². The summed E-state index contributed by atoms with van der Waals surface area (Å²) in [6.07, 6.45) is 1.80. The van der Waals surface area contributed by atoms with Crippen LogP contribution in [0.3, 0.4) is 0 Å². The second-order valence-electron chi connectivity index (χ2n) is 2.74. The number of methoxy groups -OCH3 is 1. The Bertz CT molecular complexity index is 407. The third kappa shape index (κ3) is 2.95. The Kier molecular flexibility index (Phi) is 3.62. The molecule has 0 aliphatic carbocycles. The number of benzene rings is 1. The second kappa shape index (κ2) is 4.95. The molecule has 78 valence electrons. The van der Waals surface area contributed by atoms with E-state index in [1.165, 1.54) is 7.11 Å². The molecule has 0 fully saturated rings. The Labute approximate surface area is 86.8 Å². The van der Waals surface area contributed by atoms with Crippen LogP contribution in [0, 0.1) is 0 Å². The quantitative estimate of drug-likeness (QED) is 0.599. The molecule has 0 radical (unpaired) electrons. The summed E-state index contributed by atoms with van der Waals surface area (Å²) in [5.41, 5.74) is 0.345. The molecule has 4 heteroatoms. The average molecular weight is 206 g/mol. The van der Waals surface area contributed by atoms with Gasteiger partial charge in [0.25, 0.3) is 0 Å². The Morgan fingerprint density at radius 3 is 2.53 bits per heavy atom. The standard InChI is InChI=1S/C11H10O4/c1-15-10-5-3-2-4-8(10)9(12)6-7-11(13)14/h2-7H,1H3,(H,13,14). The van der Waals surface area contributed by atoms with E-state index in [0.717, 1.165) is 12.2 Å². The topological polar surface area (TPSA) is 63.6 Å². The smallest absolute Gasteiger partial charge is 0.328 e.